The number of rotatable bonds is 57. The molecule has 2 aromatic rings. The van der Waals surface area contributed by atoms with Crippen LogP contribution in [-0.2, 0) is 54.4 Å². The van der Waals surface area contributed by atoms with Gasteiger partial charge < -0.3 is 78.7 Å². The summed E-state index contributed by atoms with van der Waals surface area (Å²) in [4.78, 5) is 6.71. The molecule has 0 radical (unpaired) electrons. The molecule has 19 nitrogen and oxygen atoms in total. The second-order valence-electron chi connectivity index (χ2n) is 24.9. The molecule has 0 aliphatic heterocycles. The highest BCUT2D eigenvalue weighted by Gasteiger charge is 2.18. The van der Waals surface area contributed by atoms with Gasteiger partial charge in [0.2, 0.25) is 0 Å². The average molecular weight is 1300 g/mol. The largest absolute Gasteiger partial charge is 0.491 e. The summed E-state index contributed by atoms with van der Waals surface area (Å²) in [7, 11) is 0. The van der Waals surface area contributed by atoms with Crippen LogP contribution in [-0.4, -0.2) is 243 Å². The van der Waals surface area contributed by atoms with Crippen LogP contribution in [0.15, 0.2) is 30.3 Å². The molecule has 0 saturated carbocycles. The van der Waals surface area contributed by atoms with Crippen LogP contribution in [0.1, 0.15) is 205 Å². The lowest BCUT2D eigenvalue weighted by molar-refractivity contribution is 0.0171. The van der Waals surface area contributed by atoms with Gasteiger partial charge in [0.05, 0.1) is 128 Å². The van der Waals surface area contributed by atoms with Crippen LogP contribution in [0.5, 0.6) is 11.5 Å². The summed E-state index contributed by atoms with van der Waals surface area (Å²) in [5, 5.41) is 75.5. The number of likely N-dealkylation sites (N-methyl/N-ethyl adjacent to an activating group) is 1. The smallest absolute Gasteiger partial charge is 0.126 e. The Balaban J connectivity index is -0.000000176. The Morgan fingerprint density at radius 1 is 0.356 bits per heavy atom. The van der Waals surface area contributed by atoms with Gasteiger partial charge >= 0.3 is 0 Å². The average Bonchev–Trinajstić information content (AvgIpc) is 0.874. The molecule has 8 atom stereocenters. The van der Waals surface area contributed by atoms with Crippen molar-refractivity contribution >= 4 is 0 Å². The van der Waals surface area contributed by atoms with Crippen molar-refractivity contribution in [3.63, 3.8) is 0 Å². The highest BCUT2D eigenvalue weighted by atomic mass is 16.5. The van der Waals surface area contributed by atoms with E-state index in [0.717, 1.165) is 60.7 Å². The molecule has 19 heteroatoms. The minimum absolute atomic E-state index is 0. The van der Waals surface area contributed by atoms with Gasteiger partial charge in [0, 0.05) is 74.9 Å². The zero-order valence-electron chi connectivity index (χ0n) is 58.8. The SMILES string of the molecule is CCCCCCCCCc1cc(C)c(OCC(C)O)c(CN(CCOCC(C)O)CCOCC(C)O)c1.CCCCCCCCCc1ccc(OCC(C)O)c(CN(CCOCC(C)O)CCOCC(C)O)c1.CCN(CCOCC(C)O)CCOCC(C)O.[HH].[HH].[HH].[HH].[HH].[HH].[HH].[HH]. The third kappa shape index (κ3) is 53.7. The van der Waals surface area contributed by atoms with Crippen molar-refractivity contribution in [3.05, 3.63) is 58.1 Å². The van der Waals surface area contributed by atoms with Gasteiger partial charge in [0.1, 0.15) is 24.7 Å². The minimum atomic E-state index is -0.543. The summed E-state index contributed by atoms with van der Waals surface area (Å²) in [5.41, 5.74) is 5.90. The molecule has 0 spiro atoms. The van der Waals surface area contributed by atoms with E-state index in [0.29, 0.717) is 119 Å². The van der Waals surface area contributed by atoms with E-state index in [4.69, 9.17) is 48.1 Å². The van der Waals surface area contributed by atoms with E-state index in [9.17, 15) is 30.6 Å². The summed E-state index contributed by atoms with van der Waals surface area (Å²) in [5.74, 6) is 1.63. The van der Waals surface area contributed by atoms with Crippen LogP contribution < -0.4 is 9.47 Å². The van der Waals surface area contributed by atoms with Gasteiger partial charge in [0.15, 0.2) is 0 Å². The Morgan fingerprint density at radius 3 is 1.02 bits per heavy atom. The normalized spacial score (nSPS) is 14.4. The van der Waals surface area contributed by atoms with E-state index in [1.807, 2.05) is 6.07 Å². The van der Waals surface area contributed by atoms with E-state index >= 15 is 0 Å². The predicted octanol–water partition coefficient (Wildman–Crippen LogP) is 11.1. The number of unbranched alkanes of at least 4 members (excludes halogenated alkanes) is 12. The molecular weight excluding hydrogens is 1150 g/mol. The monoisotopic (exact) mass is 1300 g/mol. The molecule has 0 heterocycles. The van der Waals surface area contributed by atoms with Crippen LogP contribution in [0.3, 0.4) is 0 Å². The molecule has 90 heavy (non-hydrogen) atoms. The fourth-order valence-electron chi connectivity index (χ4n) is 9.57. The first-order valence-corrected chi connectivity index (χ1v) is 34.7. The molecule has 8 N–H and O–H groups in total. The van der Waals surface area contributed by atoms with Crippen molar-refractivity contribution in [2.45, 2.75) is 248 Å². The fourth-order valence-corrected chi connectivity index (χ4v) is 9.57. The number of hydrogen-bond acceptors (Lipinski definition) is 19. The molecule has 546 valence electrons. The Hall–Kier alpha value is -2.64. The van der Waals surface area contributed by atoms with Gasteiger partial charge in [-0.25, -0.2) is 0 Å². The van der Waals surface area contributed by atoms with Gasteiger partial charge in [-0.3, -0.25) is 14.7 Å². The quantitative estimate of drug-likeness (QED) is 0.0287. The molecule has 8 unspecified atom stereocenters. The fraction of sp³-hybridized carbons (Fsp3) is 0.831. The maximum Gasteiger partial charge on any atom is 0.126 e. The lowest BCUT2D eigenvalue weighted by atomic mass is 9.99. The molecule has 2 aromatic carbocycles. The van der Waals surface area contributed by atoms with Gasteiger partial charge in [-0.15, -0.1) is 0 Å². The maximum atomic E-state index is 9.82. The Morgan fingerprint density at radius 2 is 0.667 bits per heavy atom. The van der Waals surface area contributed by atoms with E-state index in [1.54, 1.807) is 55.4 Å². The Kier molecular flexibility index (Phi) is 57.2. The number of benzene rings is 2. The van der Waals surface area contributed by atoms with E-state index in [2.05, 4.69) is 66.7 Å². The van der Waals surface area contributed by atoms with Crippen LogP contribution in [0, 0.1) is 6.92 Å². The van der Waals surface area contributed by atoms with Crippen LogP contribution in [0.2, 0.25) is 0 Å². The maximum absolute atomic E-state index is 9.82. The predicted molar refractivity (Wildman–Crippen MR) is 380 cm³/mol. The van der Waals surface area contributed by atoms with Crippen LogP contribution in [0.4, 0.5) is 0 Å². The summed E-state index contributed by atoms with van der Waals surface area (Å²) in [6, 6.07) is 10.9. The lowest BCUT2D eigenvalue weighted by Gasteiger charge is -2.25. The zero-order valence-corrected chi connectivity index (χ0v) is 58.8. The number of aliphatic hydroxyl groups is 8. The molecule has 0 aromatic heterocycles. The standard InChI is InChI=1S/C30H55NO6.C29H53NO6.C12H27NO4.8H2/c1-6-7-8-9-10-11-12-13-28-18-24(2)30(37-23-27(5)34)29(19-28)20-31(14-16-35-21-25(3)32)15-17-36-22-26(4)33;1-5-6-7-8-9-10-11-12-27-13-14-29(36-23-26(4)33)28(19-27)20-30(15-17-34-21-24(2)31)16-18-35-22-25(3)32;1-4-13(5-7-16-9-11(2)14)6-8-17-10-12(3)15;;;;;;;;/h18-19,25-27,32-34H,6-17,20-23H2,1-5H3;13-14,19,24-26,31-33H,5-12,15-18,20-23H2,1-4H3;11-12,14-15H,4-10H2,1-3H3;8*1H. The van der Waals surface area contributed by atoms with E-state index in [1.165, 1.54) is 101 Å². The molecule has 2 rings (SSSR count). The molecule has 0 aliphatic carbocycles. The first kappa shape index (κ1) is 87.4. The van der Waals surface area contributed by atoms with Crippen molar-refractivity contribution in [2.75, 3.05) is 138 Å². The van der Waals surface area contributed by atoms with Gasteiger partial charge in [-0.2, -0.15) is 0 Å². The second-order valence-corrected chi connectivity index (χ2v) is 24.9. The molecular formula is C71H151N3O16. The minimum Gasteiger partial charge on any atom is -0.491 e. The first-order chi connectivity index (χ1) is 43.1. The number of aliphatic hydroxyl groups excluding tert-OH is 8. The Bertz CT molecular complexity index is 1890. The summed E-state index contributed by atoms with van der Waals surface area (Å²) in [6.45, 7) is 34.8. The summed E-state index contributed by atoms with van der Waals surface area (Å²) < 4.78 is 45.1. The summed E-state index contributed by atoms with van der Waals surface area (Å²) in [6.07, 6.45) is 16.3. The zero-order chi connectivity index (χ0) is 67.2. The number of aryl methyl sites for hydroxylation is 3. The van der Waals surface area contributed by atoms with Gasteiger partial charge in [-0.1, -0.05) is 122 Å². The van der Waals surface area contributed by atoms with Crippen LogP contribution >= 0.6 is 0 Å². The molecule has 0 bridgehead atoms. The molecule has 0 aliphatic rings. The molecule has 0 saturated heterocycles. The number of ether oxygens (including phenoxy) is 8. The number of nitrogens with zero attached hydrogens (tertiary/aromatic N) is 3. The Labute approximate surface area is 558 Å². The van der Waals surface area contributed by atoms with E-state index < -0.39 is 48.8 Å². The third-order valence-electron chi connectivity index (χ3n) is 14.3. The van der Waals surface area contributed by atoms with Crippen molar-refractivity contribution in [2.24, 2.45) is 0 Å². The van der Waals surface area contributed by atoms with Crippen molar-refractivity contribution in [3.8, 4) is 11.5 Å². The van der Waals surface area contributed by atoms with Gasteiger partial charge in [-0.05, 0) is 117 Å². The highest BCUT2D eigenvalue weighted by Crippen LogP contribution is 2.29. The lowest BCUT2D eigenvalue weighted by Crippen LogP contribution is -2.32. The summed E-state index contributed by atoms with van der Waals surface area (Å²) >= 11 is 0. The number of hydrogen-bond donors (Lipinski definition) is 8. The topological polar surface area (TPSA) is 245 Å². The van der Waals surface area contributed by atoms with Crippen molar-refractivity contribution in [1.82, 2.24) is 14.7 Å². The second kappa shape index (κ2) is 58.9. The molecule has 0 amide bonds. The van der Waals surface area contributed by atoms with Gasteiger partial charge in [0.25, 0.3) is 0 Å². The van der Waals surface area contributed by atoms with E-state index in [-0.39, 0.29) is 24.6 Å². The van der Waals surface area contributed by atoms with Crippen LogP contribution in [0.25, 0.3) is 0 Å². The molecule has 0 fully saturated rings. The third-order valence-corrected chi connectivity index (χ3v) is 14.3. The highest BCUT2D eigenvalue weighted by molar-refractivity contribution is 5.44. The first-order valence-electron chi connectivity index (χ1n) is 34.7. The van der Waals surface area contributed by atoms with Crippen molar-refractivity contribution in [1.29, 1.82) is 0 Å². The van der Waals surface area contributed by atoms with Crippen molar-refractivity contribution < 1.29 is 90.2 Å².